The van der Waals surface area contributed by atoms with Gasteiger partial charge in [0.15, 0.2) is 0 Å². The van der Waals surface area contributed by atoms with E-state index >= 15 is 0 Å². The van der Waals surface area contributed by atoms with E-state index in [2.05, 4.69) is 26.8 Å². The second-order valence-corrected chi connectivity index (χ2v) is 5.66. The van der Waals surface area contributed by atoms with Gasteiger partial charge in [0.05, 0.1) is 0 Å². The van der Waals surface area contributed by atoms with Crippen molar-refractivity contribution in [3.05, 3.63) is 33.9 Å². The molecule has 2 N–H and O–H groups in total. The van der Waals surface area contributed by atoms with Gasteiger partial charge in [0, 0.05) is 19.2 Å². The first-order valence-electron chi connectivity index (χ1n) is 6.82. The highest BCUT2D eigenvalue weighted by Crippen LogP contribution is 2.23. The van der Waals surface area contributed by atoms with E-state index in [0.717, 1.165) is 16.7 Å². The monoisotopic (exact) mass is 262 g/mol. The average Bonchev–Trinajstić information content (AvgIpc) is 2.36. The van der Waals surface area contributed by atoms with E-state index in [1.165, 1.54) is 11.1 Å². The summed E-state index contributed by atoms with van der Waals surface area (Å²) in [5.74, 6) is 0.419. The molecule has 0 heterocycles. The van der Waals surface area contributed by atoms with Crippen LogP contribution in [-0.4, -0.2) is 30.9 Å². The number of benzene rings is 1. The zero-order chi connectivity index (χ0) is 14.7. The highest BCUT2D eigenvalue weighted by atomic mass is 16.2. The molecule has 0 fully saturated rings. The van der Waals surface area contributed by atoms with Gasteiger partial charge >= 0.3 is 0 Å². The maximum atomic E-state index is 12.6. The molecule has 1 unspecified atom stereocenters. The molecule has 0 aliphatic carbocycles. The van der Waals surface area contributed by atoms with Crippen LogP contribution in [0, 0.1) is 33.6 Å². The molecule has 1 atom stereocenters. The minimum Gasteiger partial charge on any atom is -0.341 e. The quantitative estimate of drug-likeness (QED) is 0.906. The molecule has 1 amide bonds. The highest BCUT2D eigenvalue weighted by Gasteiger charge is 2.20. The zero-order valence-corrected chi connectivity index (χ0v) is 13.0. The van der Waals surface area contributed by atoms with E-state index in [1.54, 1.807) is 4.90 Å². The van der Waals surface area contributed by atoms with Crippen LogP contribution in [0.5, 0.6) is 0 Å². The topological polar surface area (TPSA) is 46.3 Å². The molecule has 19 heavy (non-hydrogen) atoms. The Morgan fingerprint density at radius 1 is 1.21 bits per heavy atom. The minimum absolute atomic E-state index is 0.0992. The van der Waals surface area contributed by atoms with Crippen molar-refractivity contribution in [1.82, 2.24) is 4.90 Å². The van der Waals surface area contributed by atoms with Crippen molar-refractivity contribution in [2.75, 3.05) is 20.1 Å². The van der Waals surface area contributed by atoms with E-state index < -0.39 is 0 Å². The van der Waals surface area contributed by atoms with Crippen LogP contribution in [0.4, 0.5) is 0 Å². The lowest BCUT2D eigenvalue weighted by molar-refractivity contribution is 0.0776. The van der Waals surface area contributed by atoms with Gasteiger partial charge in [-0.25, -0.2) is 0 Å². The third-order valence-electron chi connectivity index (χ3n) is 3.91. The van der Waals surface area contributed by atoms with Gasteiger partial charge in [-0.05, 0) is 62.4 Å². The standard InChI is InChI=1S/C16H26N2O/c1-10(8-17)9-18(6)16(19)15-13(4)11(2)7-12(3)14(15)5/h7,10H,8-9,17H2,1-6H3. The Morgan fingerprint density at radius 2 is 1.68 bits per heavy atom. The average molecular weight is 262 g/mol. The van der Waals surface area contributed by atoms with Gasteiger partial charge in [0.2, 0.25) is 0 Å². The molecule has 0 aliphatic heterocycles. The Labute approximate surface area is 116 Å². The summed E-state index contributed by atoms with van der Waals surface area (Å²) in [6.07, 6.45) is 0. The number of hydrogen-bond donors (Lipinski definition) is 1. The molecule has 0 radical (unpaired) electrons. The molecule has 0 aromatic heterocycles. The Balaban J connectivity index is 3.12. The molecule has 1 aromatic rings. The summed E-state index contributed by atoms with van der Waals surface area (Å²) in [5.41, 5.74) is 11.0. The van der Waals surface area contributed by atoms with E-state index in [0.29, 0.717) is 19.0 Å². The molecule has 106 valence electrons. The van der Waals surface area contributed by atoms with Crippen molar-refractivity contribution in [2.24, 2.45) is 11.7 Å². The van der Waals surface area contributed by atoms with Crippen LogP contribution in [0.3, 0.4) is 0 Å². The Kier molecular flexibility index (Phi) is 5.12. The fraction of sp³-hybridized carbons (Fsp3) is 0.562. The van der Waals surface area contributed by atoms with Gasteiger partial charge < -0.3 is 10.6 Å². The van der Waals surface area contributed by atoms with Crippen LogP contribution >= 0.6 is 0 Å². The fourth-order valence-electron chi connectivity index (χ4n) is 2.35. The number of carbonyl (C=O) groups is 1. The first-order chi connectivity index (χ1) is 8.79. The molecule has 3 nitrogen and oxygen atoms in total. The normalized spacial score (nSPS) is 12.4. The van der Waals surface area contributed by atoms with E-state index in [-0.39, 0.29) is 5.91 Å². The summed E-state index contributed by atoms with van der Waals surface area (Å²) in [6, 6.07) is 2.14. The molecule has 0 saturated heterocycles. The van der Waals surface area contributed by atoms with E-state index in [1.807, 2.05) is 20.9 Å². The van der Waals surface area contributed by atoms with Gasteiger partial charge in [-0.15, -0.1) is 0 Å². The third-order valence-corrected chi connectivity index (χ3v) is 3.91. The largest absolute Gasteiger partial charge is 0.341 e. The maximum absolute atomic E-state index is 12.6. The Bertz CT molecular complexity index is 454. The summed E-state index contributed by atoms with van der Waals surface area (Å²) in [6.45, 7) is 11.5. The number of carbonyl (C=O) groups excluding carboxylic acids is 1. The third kappa shape index (κ3) is 3.35. The molecule has 0 aliphatic rings. The van der Waals surface area contributed by atoms with E-state index in [4.69, 9.17) is 5.73 Å². The van der Waals surface area contributed by atoms with Gasteiger partial charge in [-0.3, -0.25) is 4.79 Å². The highest BCUT2D eigenvalue weighted by molar-refractivity contribution is 5.97. The number of nitrogens with two attached hydrogens (primary N) is 1. The Morgan fingerprint density at radius 3 is 2.11 bits per heavy atom. The van der Waals surface area contributed by atoms with Crippen molar-refractivity contribution in [2.45, 2.75) is 34.6 Å². The van der Waals surface area contributed by atoms with Crippen LogP contribution in [0.1, 0.15) is 39.5 Å². The van der Waals surface area contributed by atoms with E-state index in [9.17, 15) is 4.79 Å². The number of hydrogen-bond acceptors (Lipinski definition) is 2. The van der Waals surface area contributed by atoms with Crippen molar-refractivity contribution >= 4 is 5.91 Å². The van der Waals surface area contributed by atoms with Gasteiger partial charge in [0.1, 0.15) is 0 Å². The number of rotatable bonds is 4. The summed E-state index contributed by atoms with van der Waals surface area (Å²) in [7, 11) is 1.85. The van der Waals surface area contributed by atoms with Crippen molar-refractivity contribution < 1.29 is 4.79 Å². The van der Waals surface area contributed by atoms with Gasteiger partial charge in [-0.1, -0.05) is 13.0 Å². The second kappa shape index (κ2) is 6.20. The smallest absolute Gasteiger partial charge is 0.254 e. The lowest BCUT2D eigenvalue weighted by atomic mass is 9.93. The summed E-state index contributed by atoms with van der Waals surface area (Å²) in [5, 5.41) is 0. The maximum Gasteiger partial charge on any atom is 0.254 e. The van der Waals surface area contributed by atoms with Crippen LogP contribution in [0.2, 0.25) is 0 Å². The molecule has 0 saturated carbocycles. The van der Waals surface area contributed by atoms with Crippen LogP contribution in [-0.2, 0) is 0 Å². The van der Waals surface area contributed by atoms with Crippen molar-refractivity contribution in [3.63, 3.8) is 0 Å². The molecular formula is C16H26N2O. The van der Waals surface area contributed by atoms with Gasteiger partial charge in [0.25, 0.3) is 5.91 Å². The number of amides is 1. The molecular weight excluding hydrogens is 236 g/mol. The molecule has 0 spiro atoms. The second-order valence-electron chi connectivity index (χ2n) is 5.66. The Hall–Kier alpha value is -1.35. The van der Waals surface area contributed by atoms with Crippen LogP contribution in [0.25, 0.3) is 0 Å². The van der Waals surface area contributed by atoms with Crippen molar-refractivity contribution in [3.8, 4) is 0 Å². The predicted molar refractivity (Wildman–Crippen MR) is 80.6 cm³/mol. The van der Waals surface area contributed by atoms with Crippen molar-refractivity contribution in [1.29, 1.82) is 0 Å². The summed E-state index contributed by atoms with van der Waals surface area (Å²) in [4.78, 5) is 14.4. The lowest BCUT2D eigenvalue weighted by Gasteiger charge is -2.24. The number of nitrogens with zero attached hydrogens (tertiary/aromatic N) is 1. The molecule has 0 bridgehead atoms. The lowest BCUT2D eigenvalue weighted by Crippen LogP contribution is -2.34. The van der Waals surface area contributed by atoms with Crippen LogP contribution in [0.15, 0.2) is 6.07 Å². The summed E-state index contributed by atoms with van der Waals surface area (Å²) < 4.78 is 0. The molecule has 1 aromatic carbocycles. The first kappa shape index (κ1) is 15.7. The SMILES string of the molecule is Cc1cc(C)c(C)c(C(=O)N(C)CC(C)CN)c1C. The number of aryl methyl sites for hydroxylation is 2. The first-order valence-corrected chi connectivity index (χ1v) is 6.82. The van der Waals surface area contributed by atoms with Gasteiger partial charge in [-0.2, -0.15) is 0 Å². The molecule has 3 heteroatoms. The van der Waals surface area contributed by atoms with Crippen LogP contribution < -0.4 is 5.73 Å². The predicted octanol–water partition coefficient (Wildman–Crippen LogP) is 2.59. The molecule has 1 rings (SSSR count). The fourth-order valence-corrected chi connectivity index (χ4v) is 2.35. The summed E-state index contributed by atoms with van der Waals surface area (Å²) >= 11 is 0. The minimum atomic E-state index is 0.0992. The zero-order valence-electron chi connectivity index (χ0n) is 13.0.